The Balaban J connectivity index is 2.38. The lowest BCUT2D eigenvalue weighted by molar-refractivity contribution is 0.282. The van der Waals surface area contributed by atoms with Crippen LogP contribution >= 0.6 is 15.9 Å². The Morgan fingerprint density at radius 3 is 2.76 bits per heavy atom. The van der Waals surface area contributed by atoms with Crippen LogP contribution in [0.4, 0.5) is 4.39 Å². The smallest absolute Gasteiger partial charge is 0.124 e. The molecule has 0 fully saturated rings. The zero-order chi connectivity index (χ0) is 12.7. The highest BCUT2D eigenvalue weighted by Gasteiger charge is 2.08. The number of hydrogen-bond donors (Lipinski definition) is 2. The van der Waals surface area contributed by atoms with Gasteiger partial charge in [-0.2, -0.15) is 0 Å². The molecule has 96 valence electrons. The number of aliphatic hydroxyl groups is 1. The summed E-state index contributed by atoms with van der Waals surface area (Å²) < 4.78 is 13.7. The Bertz CT molecular complexity index is 346. The van der Waals surface area contributed by atoms with Crippen molar-refractivity contribution in [2.45, 2.75) is 32.2 Å². The minimum Gasteiger partial charge on any atom is -0.396 e. The second-order valence-corrected chi connectivity index (χ2v) is 4.98. The van der Waals surface area contributed by atoms with E-state index in [0.29, 0.717) is 0 Å². The van der Waals surface area contributed by atoms with Crippen molar-refractivity contribution in [2.75, 3.05) is 13.2 Å². The molecule has 0 bridgehead atoms. The normalized spacial score (nSPS) is 12.7. The zero-order valence-electron chi connectivity index (χ0n) is 10.0. The van der Waals surface area contributed by atoms with Crippen LogP contribution in [-0.2, 0) is 0 Å². The SMILES string of the molecule is CC(NCCCCCO)c1ccc(F)cc1Br. The van der Waals surface area contributed by atoms with Crippen molar-refractivity contribution in [2.24, 2.45) is 0 Å². The number of aliphatic hydroxyl groups excluding tert-OH is 1. The molecule has 1 atom stereocenters. The monoisotopic (exact) mass is 303 g/mol. The number of halogens is 2. The van der Waals surface area contributed by atoms with E-state index >= 15 is 0 Å². The molecule has 0 amide bonds. The van der Waals surface area contributed by atoms with E-state index in [1.54, 1.807) is 6.07 Å². The summed E-state index contributed by atoms with van der Waals surface area (Å²) in [6.07, 6.45) is 2.93. The molecule has 0 aliphatic heterocycles. The molecule has 17 heavy (non-hydrogen) atoms. The van der Waals surface area contributed by atoms with Crippen molar-refractivity contribution in [1.29, 1.82) is 0 Å². The Morgan fingerprint density at radius 1 is 1.35 bits per heavy atom. The van der Waals surface area contributed by atoms with E-state index in [1.807, 2.05) is 0 Å². The summed E-state index contributed by atoms with van der Waals surface area (Å²) in [5.41, 5.74) is 1.06. The minimum atomic E-state index is -0.226. The molecule has 1 unspecified atom stereocenters. The predicted molar refractivity (Wildman–Crippen MR) is 71.5 cm³/mol. The third-order valence-electron chi connectivity index (χ3n) is 2.71. The van der Waals surface area contributed by atoms with Crippen LogP contribution in [0.1, 0.15) is 37.8 Å². The van der Waals surface area contributed by atoms with Gasteiger partial charge in [0.05, 0.1) is 0 Å². The van der Waals surface area contributed by atoms with Crippen molar-refractivity contribution in [3.8, 4) is 0 Å². The fourth-order valence-corrected chi connectivity index (χ4v) is 2.39. The largest absolute Gasteiger partial charge is 0.396 e. The molecule has 0 spiro atoms. The van der Waals surface area contributed by atoms with Gasteiger partial charge in [-0.15, -0.1) is 0 Å². The first-order chi connectivity index (χ1) is 8.15. The first-order valence-corrected chi connectivity index (χ1v) is 6.73. The molecule has 0 saturated carbocycles. The summed E-state index contributed by atoms with van der Waals surface area (Å²) in [5.74, 6) is -0.226. The van der Waals surface area contributed by atoms with Crippen LogP contribution < -0.4 is 5.32 Å². The maximum absolute atomic E-state index is 12.9. The molecule has 2 nitrogen and oxygen atoms in total. The van der Waals surface area contributed by atoms with Crippen molar-refractivity contribution in [3.63, 3.8) is 0 Å². The van der Waals surface area contributed by atoms with E-state index in [2.05, 4.69) is 28.2 Å². The predicted octanol–water partition coefficient (Wildman–Crippen LogP) is 3.40. The average molecular weight is 304 g/mol. The summed E-state index contributed by atoms with van der Waals surface area (Å²) in [7, 11) is 0. The van der Waals surface area contributed by atoms with Crippen LogP contribution in [0.3, 0.4) is 0 Å². The van der Waals surface area contributed by atoms with Crippen molar-refractivity contribution >= 4 is 15.9 Å². The first kappa shape index (κ1) is 14.6. The van der Waals surface area contributed by atoms with E-state index in [4.69, 9.17) is 5.11 Å². The van der Waals surface area contributed by atoms with Gasteiger partial charge in [0.2, 0.25) is 0 Å². The van der Waals surface area contributed by atoms with E-state index < -0.39 is 0 Å². The Hall–Kier alpha value is -0.450. The first-order valence-electron chi connectivity index (χ1n) is 5.94. The Kier molecular flexibility index (Phi) is 6.70. The van der Waals surface area contributed by atoms with Crippen LogP contribution in [0.5, 0.6) is 0 Å². The summed E-state index contributed by atoms with van der Waals surface area (Å²) in [6, 6.07) is 4.95. The summed E-state index contributed by atoms with van der Waals surface area (Å²) in [4.78, 5) is 0. The van der Waals surface area contributed by atoms with Crippen LogP contribution in [-0.4, -0.2) is 18.3 Å². The van der Waals surface area contributed by atoms with Gasteiger partial charge in [0.15, 0.2) is 0 Å². The van der Waals surface area contributed by atoms with Gasteiger partial charge in [-0.3, -0.25) is 0 Å². The van der Waals surface area contributed by atoms with Crippen molar-refractivity contribution in [3.05, 3.63) is 34.1 Å². The molecule has 0 aromatic heterocycles. The van der Waals surface area contributed by atoms with Gasteiger partial charge in [0, 0.05) is 17.1 Å². The maximum Gasteiger partial charge on any atom is 0.124 e. The fourth-order valence-electron chi connectivity index (χ4n) is 1.69. The average Bonchev–Trinajstić information content (AvgIpc) is 2.28. The van der Waals surface area contributed by atoms with Gasteiger partial charge in [-0.05, 0) is 50.4 Å². The molecule has 0 saturated heterocycles. The fraction of sp³-hybridized carbons (Fsp3) is 0.538. The molecule has 0 aliphatic rings. The van der Waals surface area contributed by atoms with Crippen LogP contribution in [0, 0.1) is 5.82 Å². The molecular weight excluding hydrogens is 285 g/mol. The quantitative estimate of drug-likeness (QED) is 0.757. The Morgan fingerprint density at radius 2 is 2.12 bits per heavy atom. The van der Waals surface area contributed by atoms with Crippen LogP contribution in [0.15, 0.2) is 22.7 Å². The van der Waals surface area contributed by atoms with Crippen LogP contribution in [0.2, 0.25) is 0 Å². The lowest BCUT2D eigenvalue weighted by Crippen LogP contribution is -2.20. The molecule has 2 N–H and O–H groups in total. The van der Waals surface area contributed by atoms with Gasteiger partial charge in [0.1, 0.15) is 5.82 Å². The third kappa shape index (κ3) is 5.15. The Labute approximate surface area is 110 Å². The van der Waals surface area contributed by atoms with Gasteiger partial charge in [-0.25, -0.2) is 4.39 Å². The van der Waals surface area contributed by atoms with Crippen molar-refractivity contribution in [1.82, 2.24) is 5.32 Å². The van der Waals surface area contributed by atoms with Crippen LogP contribution in [0.25, 0.3) is 0 Å². The number of unbranched alkanes of at least 4 members (excludes halogenated alkanes) is 2. The molecule has 4 heteroatoms. The van der Waals surface area contributed by atoms with E-state index in [1.165, 1.54) is 12.1 Å². The highest BCUT2D eigenvalue weighted by molar-refractivity contribution is 9.10. The number of rotatable bonds is 7. The van der Waals surface area contributed by atoms with Gasteiger partial charge >= 0.3 is 0 Å². The molecule has 0 aliphatic carbocycles. The number of benzene rings is 1. The third-order valence-corrected chi connectivity index (χ3v) is 3.40. The topological polar surface area (TPSA) is 32.3 Å². The highest BCUT2D eigenvalue weighted by atomic mass is 79.9. The van der Waals surface area contributed by atoms with Gasteiger partial charge < -0.3 is 10.4 Å². The van der Waals surface area contributed by atoms with Gasteiger partial charge in [-0.1, -0.05) is 22.0 Å². The van der Waals surface area contributed by atoms with E-state index in [0.717, 1.165) is 35.8 Å². The number of nitrogens with one attached hydrogen (secondary N) is 1. The van der Waals surface area contributed by atoms with E-state index in [-0.39, 0.29) is 18.5 Å². The van der Waals surface area contributed by atoms with Crippen molar-refractivity contribution < 1.29 is 9.50 Å². The maximum atomic E-state index is 12.9. The highest BCUT2D eigenvalue weighted by Crippen LogP contribution is 2.24. The molecule has 1 aromatic rings. The lowest BCUT2D eigenvalue weighted by atomic mass is 10.1. The second kappa shape index (κ2) is 7.80. The number of hydrogen-bond acceptors (Lipinski definition) is 2. The summed E-state index contributed by atoms with van der Waals surface area (Å²) in [6.45, 7) is 3.23. The second-order valence-electron chi connectivity index (χ2n) is 4.13. The molecule has 1 rings (SSSR count). The van der Waals surface area contributed by atoms with E-state index in [9.17, 15) is 4.39 Å². The zero-order valence-corrected chi connectivity index (χ0v) is 11.6. The molecular formula is C13H19BrFNO. The molecule has 0 heterocycles. The van der Waals surface area contributed by atoms with Gasteiger partial charge in [0.25, 0.3) is 0 Å². The summed E-state index contributed by atoms with van der Waals surface area (Å²) in [5, 5.41) is 12.0. The molecule has 0 radical (unpaired) electrons. The summed E-state index contributed by atoms with van der Waals surface area (Å²) >= 11 is 3.37. The standard InChI is InChI=1S/C13H19BrFNO/c1-10(16-7-3-2-4-8-17)12-6-5-11(15)9-13(12)14/h5-6,9-10,16-17H,2-4,7-8H2,1H3. The molecule has 1 aromatic carbocycles. The minimum absolute atomic E-state index is 0.194. The lowest BCUT2D eigenvalue weighted by Gasteiger charge is -2.15.